The minimum atomic E-state index is -3.19. The van der Waals surface area contributed by atoms with E-state index in [1.165, 1.54) is 11.8 Å². The molecule has 0 aromatic heterocycles. The van der Waals surface area contributed by atoms with Gasteiger partial charge in [-0.05, 0) is 57.2 Å². The monoisotopic (exact) mass is 517 g/mol. The van der Waals surface area contributed by atoms with E-state index in [0.717, 1.165) is 0 Å². The van der Waals surface area contributed by atoms with E-state index in [-0.39, 0.29) is 29.3 Å². The van der Waals surface area contributed by atoms with Crippen molar-refractivity contribution < 1.29 is 27.5 Å². The first-order valence-electron chi connectivity index (χ1n) is 11.1. The molecule has 4 rings (SSSR count). The van der Waals surface area contributed by atoms with Crippen LogP contribution in [0, 0.1) is 0 Å². The van der Waals surface area contributed by atoms with Gasteiger partial charge in [0.1, 0.15) is 23.6 Å². The molecule has 0 spiro atoms. The molecule has 2 aliphatic heterocycles. The Morgan fingerprint density at radius 2 is 1.71 bits per heavy atom. The van der Waals surface area contributed by atoms with Crippen molar-refractivity contribution in [1.29, 1.82) is 0 Å². The van der Waals surface area contributed by atoms with Crippen molar-refractivity contribution in [2.75, 3.05) is 23.0 Å². The van der Waals surface area contributed by atoms with Crippen LogP contribution in [0.3, 0.4) is 0 Å². The number of benzene rings is 2. The predicted molar refractivity (Wildman–Crippen MR) is 136 cm³/mol. The Kier molecular flexibility index (Phi) is 7.09. The standard InChI is InChI=1S/C24H27N3O6S2/c1-24(2,3)33-23(29)25-13-21(28)26-22-27(19-14-35(30,31)15-20(19)34-22)16-9-11-18(12-10-16)32-17-7-5-4-6-8-17/h4-12,19-20H,13-15H2,1-3H3,(H,25,29). The van der Waals surface area contributed by atoms with E-state index < -0.39 is 27.4 Å². The molecule has 2 heterocycles. The van der Waals surface area contributed by atoms with Gasteiger partial charge in [-0.3, -0.25) is 4.79 Å². The van der Waals surface area contributed by atoms with Gasteiger partial charge in [0.15, 0.2) is 15.0 Å². The summed E-state index contributed by atoms with van der Waals surface area (Å²) in [6, 6.07) is 16.2. The second-order valence-corrected chi connectivity index (χ2v) is 12.6. The molecule has 1 N–H and O–H groups in total. The lowest BCUT2D eigenvalue weighted by Crippen LogP contribution is -2.38. The number of fused-ring (bicyclic) bond motifs is 1. The van der Waals surface area contributed by atoms with Crippen LogP contribution in [0.25, 0.3) is 0 Å². The molecule has 0 radical (unpaired) electrons. The van der Waals surface area contributed by atoms with E-state index >= 15 is 0 Å². The first kappa shape index (κ1) is 25.1. The summed E-state index contributed by atoms with van der Waals surface area (Å²) in [6.07, 6.45) is -0.709. The molecule has 2 atom stereocenters. The van der Waals surface area contributed by atoms with Crippen LogP contribution in [0.15, 0.2) is 59.6 Å². The van der Waals surface area contributed by atoms with E-state index in [1.807, 2.05) is 42.5 Å². The van der Waals surface area contributed by atoms with Gasteiger partial charge in [0, 0.05) is 10.9 Å². The van der Waals surface area contributed by atoms with E-state index in [0.29, 0.717) is 22.4 Å². The number of rotatable bonds is 5. The summed E-state index contributed by atoms with van der Waals surface area (Å²) in [6.45, 7) is 4.85. The van der Waals surface area contributed by atoms with Gasteiger partial charge in [0.2, 0.25) is 0 Å². The number of sulfone groups is 1. The minimum absolute atomic E-state index is 0.0176. The van der Waals surface area contributed by atoms with Crippen LogP contribution < -0.4 is 15.0 Å². The van der Waals surface area contributed by atoms with Gasteiger partial charge in [0.05, 0.1) is 17.5 Å². The molecule has 0 saturated carbocycles. The number of amidine groups is 1. The number of amides is 2. The van der Waals surface area contributed by atoms with Gasteiger partial charge in [-0.1, -0.05) is 30.0 Å². The third-order valence-corrected chi connectivity index (χ3v) is 8.37. The SMILES string of the molecule is CC(C)(C)OC(=O)NCC(=O)N=C1SC2CS(=O)(=O)CC2N1c1ccc(Oc2ccccc2)cc1. The van der Waals surface area contributed by atoms with Crippen LogP contribution in [-0.4, -0.2) is 60.5 Å². The first-order chi connectivity index (χ1) is 16.5. The highest BCUT2D eigenvalue weighted by Gasteiger charge is 2.49. The van der Waals surface area contributed by atoms with Gasteiger partial charge < -0.3 is 19.7 Å². The zero-order valence-electron chi connectivity index (χ0n) is 19.6. The summed E-state index contributed by atoms with van der Waals surface area (Å²) >= 11 is 1.27. The summed E-state index contributed by atoms with van der Waals surface area (Å²) in [5, 5.41) is 2.58. The Morgan fingerprint density at radius 1 is 1.06 bits per heavy atom. The van der Waals surface area contributed by atoms with Crippen LogP contribution in [0.2, 0.25) is 0 Å². The highest BCUT2D eigenvalue weighted by Crippen LogP contribution is 2.41. The van der Waals surface area contributed by atoms with Crippen molar-refractivity contribution in [1.82, 2.24) is 5.32 Å². The molecule has 2 aromatic carbocycles. The van der Waals surface area contributed by atoms with E-state index in [2.05, 4.69) is 10.3 Å². The lowest BCUT2D eigenvalue weighted by molar-refractivity contribution is -0.117. The maximum atomic E-state index is 12.5. The fourth-order valence-corrected chi connectivity index (χ4v) is 7.71. The fraction of sp³-hybridized carbons (Fsp3) is 0.375. The average molecular weight is 518 g/mol. The third-order valence-electron chi connectivity index (χ3n) is 5.16. The highest BCUT2D eigenvalue weighted by atomic mass is 32.2. The van der Waals surface area contributed by atoms with Crippen LogP contribution in [0.1, 0.15) is 20.8 Å². The van der Waals surface area contributed by atoms with Crippen molar-refractivity contribution in [3.05, 3.63) is 54.6 Å². The van der Waals surface area contributed by atoms with E-state index in [9.17, 15) is 18.0 Å². The van der Waals surface area contributed by atoms with Gasteiger partial charge in [0.25, 0.3) is 5.91 Å². The van der Waals surface area contributed by atoms with Crippen molar-refractivity contribution in [2.24, 2.45) is 4.99 Å². The Morgan fingerprint density at radius 3 is 2.37 bits per heavy atom. The molecule has 0 aliphatic carbocycles. The Labute approximate surface area is 208 Å². The molecule has 2 fully saturated rings. The molecular weight excluding hydrogens is 490 g/mol. The van der Waals surface area contributed by atoms with Crippen LogP contribution >= 0.6 is 11.8 Å². The number of hydrogen-bond donors (Lipinski definition) is 1. The maximum Gasteiger partial charge on any atom is 0.408 e. The topological polar surface area (TPSA) is 114 Å². The first-order valence-corrected chi connectivity index (χ1v) is 13.8. The normalized spacial score (nSPS) is 22.0. The second kappa shape index (κ2) is 9.90. The molecule has 0 bridgehead atoms. The van der Waals surface area contributed by atoms with Crippen LogP contribution in [0.5, 0.6) is 11.5 Å². The largest absolute Gasteiger partial charge is 0.457 e. The minimum Gasteiger partial charge on any atom is -0.457 e. The molecule has 9 nitrogen and oxygen atoms in total. The average Bonchev–Trinajstić information content (AvgIpc) is 3.23. The van der Waals surface area contributed by atoms with Crippen LogP contribution in [0.4, 0.5) is 10.5 Å². The number of anilines is 1. The number of nitrogens with zero attached hydrogens (tertiary/aromatic N) is 2. The Bertz CT molecular complexity index is 1220. The molecule has 11 heteroatoms. The summed E-state index contributed by atoms with van der Waals surface area (Å²) in [5.41, 5.74) is 0.0189. The Hall–Kier alpha value is -3.05. The summed E-state index contributed by atoms with van der Waals surface area (Å²) in [4.78, 5) is 30.3. The fourth-order valence-electron chi connectivity index (χ4n) is 3.77. The maximum absolute atomic E-state index is 12.5. The number of hydrogen-bond acceptors (Lipinski definition) is 7. The number of thioether (sulfide) groups is 1. The second-order valence-electron chi connectivity index (χ2n) is 9.22. The summed E-state index contributed by atoms with van der Waals surface area (Å²) in [7, 11) is -3.19. The number of carbonyl (C=O) groups is 2. The molecule has 2 amide bonds. The molecule has 2 aliphatic rings. The molecule has 35 heavy (non-hydrogen) atoms. The number of carbonyl (C=O) groups excluding carboxylic acids is 2. The Balaban J connectivity index is 1.51. The lowest BCUT2D eigenvalue weighted by atomic mass is 10.2. The zero-order chi connectivity index (χ0) is 25.2. The van der Waals surface area contributed by atoms with E-state index in [4.69, 9.17) is 9.47 Å². The number of para-hydroxylation sites is 1. The smallest absolute Gasteiger partial charge is 0.408 e. The lowest BCUT2D eigenvalue weighted by Gasteiger charge is -2.24. The highest BCUT2D eigenvalue weighted by molar-refractivity contribution is 8.16. The van der Waals surface area contributed by atoms with Gasteiger partial charge in [-0.2, -0.15) is 4.99 Å². The third kappa shape index (κ3) is 6.55. The predicted octanol–water partition coefficient (Wildman–Crippen LogP) is 3.61. The summed E-state index contributed by atoms with van der Waals surface area (Å²) in [5.74, 6) is 0.770. The van der Waals surface area contributed by atoms with Crippen molar-refractivity contribution in [3.63, 3.8) is 0 Å². The van der Waals surface area contributed by atoms with Crippen LogP contribution in [-0.2, 0) is 19.4 Å². The number of ether oxygens (including phenoxy) is 2. The van der Waals surface area contributed by atoms with Gasteiger partial charge in [-0.15, -0.1) is 0 Å². The molecule has 186 valence electrons. The van der Waals surface area contributed by atoms with Gasteiger partial charge in [-0.25, -0.2) is 13.2 Å². The number of aliphatic imine (C=N–C) groups is 1. The number of nitrogens with one attached hydrogen (secondary N) is 1. The zero-order valence-corrected chi connectivity index (χ0v) is 21.3. The van der Waals surface area contributed by atoms with Crippen molar-refractivity contribution >= 4 is 44.5 Å². The molecular formula is C24H27N3O6S2. The quantitative estimate of drug-likeness (QED) is 0.640. The summed E-state index contributed by atoms with van der Waals surface area (Å²) < 4.78 is 35.5. The molecule has 2 unspecified atom stereocenters. The van der Waals surface area contributed by atoms with Gasteiger partial charge >= 0.3 is 6.09 Å². The van der Waals surface area contributed by atoms with Crippen molar-refractivity contribution in [3.8, 4) is 11.5 Å². The number of alkyl carbamates (subject to hydrolysis) is 1. The van der Waals surface area contributed by atoms with E-state index in [1.54, 1.807) is 37.8 Å². The van der Waals surface area contributed by atoms with Crippen molar-refractivity contribution in [2.45, 2.75) is 37.7 Å². The molecule has 2 saturated heterocycles. The molecule has 2 aromatic rings.